The van der Waals surface area contributed by atoms with Gasteiger partial charge in [-0.2, -0.15) is 0 Å². The number of rotatable bonds is 2. The number of fused-ring (bicyclic) bond motifs is 2. The van der Waals surface area contributed by atoms with Gasteiger partial charge in [0.05, 0.1) is 5.60 Å². The number of aliphatic hydroxyl groups is 1. The Kier molecular flexibility index (Phi) is 2.06. The summed E-state index contributed by atoms with van der Waals surface area (Å²) in [5, 5.41) is 10.6. The first-order chi connectivity index (χ1) is 7.26. The number of hydrogen-bond acceptors (Lipinski definition) is 2. The Labute approximate surface area is 90.4 Å². The fourth-order valence-corrected chi connectivity index (χ4v) is 3.49. The van der Waals surface area contributed by atoms with Crippen LogP contribution in [0.2, 0.25) is 0 Å². The van der Waals surface area contributed by atoms with E-state index in [1.54, 1.807) is 6.20 Å². The van der Waals surface area contributed by atoms with E-state index in [-0.39, 0.29) is 0 Å². The molecular formula is C13H17NO. The van der Waals surface area contributed by atoms with Gasteiger partial charge in [-0.3, -0.25) is 4.98 Å². The van der Waals surface area contributed by atoms with E-state index in [1.807, 2.05) is 12.3 Å². The Morgan fingerprint density at radius 3 is 3.00 bits per heavy atom. The van der Waals surface area contributed by atoms with Crippen LogP contribution in [0.1, 0.15) is 31.2 Å². The molecule has 0 aromatic carbocycles. The molecule has 1 heterocycles. The van der Waals surface area contributed by atoms with Gasteiger partial charge in [0.1, 0.15) is 0 Å². The molecular weight excluding hydrogens is 186 g/mol. The Morgan fingerprint density at radius 2 is 2.40 bits per heavy atom. The maximum absolute atomic E-state index is 10.6. The standard InChI is InChI=1S/C13H17NO/c15-13(7-10-3-4-12(13)6-10)8-11-2-1-5-14-9-11/h1-2,5,9-10,12,15H,3-4,6-8H2. The SMILES string of the molecule is OC1(Cc2cccnc2)CC2CCC1C2. The second kappa shape index (κ2) is 3.31. The molecule has 3 atom stereocenters. The quantitative estimate of drug-likeness (QED) is 0.799. The molecule has 2 fully saturated rings. The van der Waals surface area contributed by atoms with Crippen LogP contribution in [-0.4, -0.2) is 15.7 Å². The smallest absolute Gasteiger partial charge is 0.0719 e. The van der Waals surface area contributed by atoms with E-state index < -0.39 is 5.60 Å². The molecule has 0 aliphatic heterocycles. The lowest BCUT2D eigenvalue weighted by atomic mass is 9.80. The van der Waals surface area contributed by atoms with Crippen molar-refractivity contribution in [2.75, 3.05) is 0 Å². The van der Waals surface area contributed by atoms with Crippen molar-refractivity contribution in [3.8, 4) is 0 Å². The first kappa shape index (κ1) is 9.34. The Hall–Kier alpha value is -0.890. The third-order valence-corrected chi connectivity index (χ3v) is 4.18. The van der Waals surface area contributed by atoms with Gasteiger partial charge in [-0.25, -0.2) is 0 Å². The molecule has 0 radical (unpaired) electrons. The van der Waals surface area contributed by atoms with Crippen LogP contribution in [0.3, 0.4) is 0 Å². The van der Waals surface area contributed by atoms with E-state index in [0.717, 1.165) is 18.8 Å². The van der Waals surface area contributed by atoms with Crippen LogP contribution in [0.4, 0.5) is 0 Å². The molecule has 2 aliphatic rings. The molecule has 0 amide bonds. The number of pyridine rings is 1. The summed E-state index contributed by atoms with van der Waals surface area (Å²) in [6.07, 6.45) is 9.27. The zero-order valence-electron chi connectivity index (χ0n) is 8.89. The fourth-order valence-electron chi connectivity index (χ4n) is 3.49. The summed E-state index contributed by atoms with van der Waals surface area (Å²) in [4.78, 5) is 4.11. The highest BCUT2D eigenvalue weighted by Crippen LogP contribution is 2.51. The zero-order valence-corrected chi connectivity index (χ0v) is 8.89. The molecule has 1 aromatic heterocycles. The number of nitrogens with zero attached hydrogens (tertiary/aromatic N) is 1. The summed E-state index contributed by atoms with van der Waals surface area (Å²) in [5.41, 5.74) is 0.749. The van der Waals surface area contributed by atoms with Crippen molar-refractivity contribution < 1.29 is 5.11 Å². The van der Waals surface area contributed by atoms with Crippen LogP contribution in [0.25, 0.3) is 0 Å². The summed E-state index contributed by atoms with van der Waals surface area (Å²) >= 11 is 0. The molecule has 0 spiro atoms. The summed E-state index contributed by atoms with van der Waals surface area (Å²) in [5.74, 6) is 1.33. The molecule has 2 bridgehead atoms. The van der Waals surface area contributed by atoms with Crippen LogP contribution in [-0.2, 0) is 6.42 Å². The van der Waals surface area contributed by atoms with Crippen LogP contribution < -0.4 is 0 Å². The minimum Gasteiger partial charge on any atom is -0.389 e. The topological polar surface area (TPSA) is 33.1 Å². The Morgan fingerprint density at radius 1 is 1.47 bits per heavy atom. The monoisotopic (exact) mass is 203 g/mol. The zero-order chi connectivity index (χ0) is 10.3. The summed E-state index contributed by atoms with van der Waals surface area (Å²) in [7, 11) is 0. The third-order valence-electron chi connectivity index (χ3n) is 4.18. The van der Waals surface area contributed by atoms with Gasteiger partial charge in [-0.1, -0.05) is 6.07 Å². The predicted molar refractivity (Wildman–Crippen MR) is 58.3 cm³/mol. The van der Waals surface area contributed by atoms with Crippen molar-refractivity contribution in [1.29, 1.82) is 0 Å². The summed E-state index contributed by atoms with van der Waals surface area (Å²) < 4.78 is 0. The lowest BCUT2D eigenvalue weighted by Crippen LogP contribution is -2.37. The summed E-state index contributed by atoms with van der Waals surface area (Å²) in [6, 6.07) is 4.02. The minimum absolute atomic E-state index is 0.425. The molecule has 1 aromatic rings. The van der Waals surface area contributed by atoms with E-state index in [2.05, 4.69) is 11.1 Å². The van der Waals surface area contributed by atoms with Crippen molar-refractivity contribution in [2.24, 2.45) is 11.8 Å². The fraction of sp³-hybridized carbons (Fsp3) is 0.615. The first-order valence-corrected chi connectivity index (χ1v) is 5.87. The average molecular weight is 203 g/mol. The van der Waals surface area contributed by atoms with Gasteiger partial charge in [-0.05, 0) is 49.1 Å². The first-order valence-electron chi connectivity index (χ1n) is 5.87. The van der Waals surface area contributed by atoms with Crippen LogP contribution in [0.5, 0.6) is 0 Å². The second-order valence-electron chi connectivity index (χ2n) is 5.22. The molecule has 2 saturated carbocycles. The maximum atomic E-state index is 10.6. The third kappa shape index (κ3) is 1.57. The van der Waals surface area contributed by atoms with Crippen molar-refractivity contribution in [3.63, 3.8) is 0 Å². The maximum Gasteiger partial charge on any atom is 0.0719 e. The van der Waals surface area contributed by atoms with Gasteiger partial charge in [0.25, 0.3) is 0 Å². The molecule has 3 rings (SSSR count). The normalized spacial score (nSPS) is 38.5. The molecule has 15 heavy (non-hydrogen) atoms. The van der Waals surface area contributed by atoms with E-state index in [1.165, 1.54) is 24.8 Å². The van der Waals surface area contributed by atoms with Gasteiger partial charge in [-0.15, -0.1) is 0 Å². The van der Waals surface area contributed by atoms with Crippen molar-refractivity contribution in [2.45, 2.75) is 37.7 Å². The molecule has 3 unspecified atom stereocenters. The van der Waals surface area contributed by atoms with Gasteiger partial charge in [0, 0.05) is 18.8 Å². The van der Waals surface area contributed by atoms with Crippen molar-refractivity contribution in [3.05, 3.63) is 30.1 Å². The average Bonchev–Trinajstić information content (AvgIpc) is 2.78. The highest BCUT2D eigenvalue weighted by atomic mass is 16.3. The lowest BCUT2D eigenvalue weighted by Gasteiger charge is -2.32. The van der Waals surface area contributed by atoms with E-state index in [4.69, 9.17) is 0 Å². The second-order valence-corrected chi connectivity index (χ2v) is 5.22. The number of hydrogen-bond donors (Lipinski definition) is 1. The molecule has 0 saturated heterocycles. The molecule has 2 nitrogen and oxygen atoms in total. The minimum atomic E-state index is -0.425. The van der Waals surface area contributed by atoms with Gasteiger partial charge in [0.15, 0.2) is 0 Å². The van der Waals surface area contributed by atoms with E-state index in [0.29, 0.717) is 5.92 Å². The highest BCUT2D eigenvalue weighted by molar-refractivity contribution is 5.15. The largest absolute Gasteiger partial charge is 0.389 e. The lowest BCUT2D eigenvalue weighted by molar-refractivity contribution is -0.0125. The molecule has 2 heteroatoms. The van der Waals surface area contributed by atoms with Crippen LogP contribution in [0.15, 0.2) is 24.5 Å². The van der Waals surface area contributed by atoms with Crippen molar-refractivity contribution in [1.82, 2.24) is 4.98 Å². The van der Waals surface area contributed by atoms with Gasteiger partial charge >= 0.3 is 0 Å². The summed E-state index contributed by atoms with van der Waals surface area (Å²) in [6.45, 7) is 0. The number of aromatic nitrogens is 1. The van der Waals surface area contributed by atoms with Crippen molar-refractivity contribution >= 4 is 0 Å². The van der Waals surface area contributed by atoms with Crippen LogP contribution in [0, 0.1) is 11.8 Å². The predicted octanol–water partition coefficient (Wildman–Crippen LogP) is 2.18. The Balaban J connectivity index is 1.78. The molecule has 2 aliphatic carbocycles. The van der Waals surface area contributed by atoms with E-state index in [9.17, 15) is 5.11 Å². The molecule has 1 N–H and O–H groups in total. The van der Waals surface area contributed by atoms with Gasteiger partial charge < -0.3 is 5.11 Å². The van der Waals surface area contributed by atoms with Crippen LogP contribution >= 0.6 is 0 Å². The highest BCUT2D eigenvalue weighted by Gasteiger charge is 2.49. The molecule has 80 valence electrons. The van der Waals surface area contributed by atoms with E-state index >= 15 is 0 Å². The Bertz CT molecular complexity index is 351. The van der Waals surface area contributed by atoms with Gasteiger partial charge in [0.2, 0.25) is 0 Å².